The van der Waals surface area contributed by atoms with Gasteiger partial charge in [-0.3, -0.25) is 4.79 Å². The quantitative estimate of drug-likeness (QED) is 0.865. The van der Waals surface area contributed by atoms with Crippen LogP contribution in [0.1, 0.15) is 12.7 Å². The average Bonchev–Trinajstić information content (AvgIpc) is 2.77. The number of imidazole rings is 1. The maximum atomic E-state index is 10.9. The monoisotopic (exact) mass is 258 g/mol. The molecule has 0 aliphatic carbocycles. The summed E-state index contributed by atoms with van der Waals surface area (Å²) in [4.78, 5) is 15.1. The van der Waals surface area contributed by atoms with Crippen molar-refractivity contribution >= 4 is 17.3 Å². The Morgan fingerprint density at radius 2 is 1.95 bits per heavy atom. The number of hydrogen-bond acceptors (Lipinski definition) is 3. The van der Waals surface area contributed by atoms with E-state index in [1.165, 1.54) is 6.92 Å². The van der Waals surface area contributed by atoms with Gasteiger partial charge in [0.05, 0.1) is 0 Å². The van der Waals surface area contributed by atoms with Crippen LogP contribution in [0.5, 0.6) is 0 Å². The molecule has 5 nitrogen and oxygen atoms in total. The molecule has 0 saturated heterocycles. The number of hydrogen-bond donors (Lipinski definition) is 2. The highest BCUT2D eigenvalue weighted by Gasteiger charge is 1.98. The smallest absolute Gasteiger partial charge is 0.221 e. The first kappa shape index (κ1) is 13.1. The van der Waals surface area contributed by atoms with Crippen molar-refractivity contribution in [3.8, 4) is 0 Å². The number of carbonyl (C=O) groups is 1. The van der Waals surface area contributed by atoms with Gasteiger partial charge in [0.2, 0.25) is 5.91 Å². The Kier molecular flexibility index (Phi) is 4.18. The molecule has 0 saturated carbocycles. The van der Waals surface area contributed by atoms with E-state index in [9.17, 15) is 4.79 Å². The molecule has 0 bridgehead atoms. The van der Waals surface area contributed by atoms with Crippen molar-refractivity contribution in [1.82, 2.24) is 9.55 Å². The van der Waals surface area contributed by atoms with Crippen LogP contribution in [0.3, 0.4) is 0 Å². The molecule has 1 aromatic heterocycles. The normalized spacial score (nSPS) is 10.2. The molecule has 0 aliphatic rings. The van der Waals surface area contributed by atoms with Crippen LogP contribution in [0, 0.1) is 6.92 Å². The molecule has 19 heavy (non-hydrogen) atoms. The lowest BCUT2D eigenvalue weighted by Crippen LogP contribution is -2.11. The lowest BCUT2D eigenvalue weighted by Gasteiger charge is -2.09. The van der Waals surface area contributed by atoms with Crippen molar-refractivity contribution in [3.63, 3.8) is 0 Å². The van der Waals surface area contributed by atoms with Crippen LogP contribution in [0.2, 0.25) is 0 Å². The van der Waals surface area contributed by atoms with E-state index >= 15 is 0 Å². The Morgan fingerprint density at radius 1 is 1.26 bits per heavy atom. The zero-order valence-corrected chi connectivity index (χ0v) is 11.2. The van der Waals surface area contributed by atoms with E-state index < -0.39 is 0 Å². The predicted octanol–water partition coefficient (Wildman–Crippen LogP) is 2.26. The molecule has 0 aliphatic heterocycles. The van der Waals surface area contributed by atoms with Crippen LogP contribution in [0.4, 0.5) is 11.4 Å². The standard InChI is InChI=1S/C14H18N4O/c1-11-15-7-9-18(11)10-8-16-13-3-5-14(6-4-13)17-12(2)19/h3-7,9,16H,8,10H2,1-2H3,(H,17,19). The maximum Gasteiger partial charge on any atom is 0.221 e. The van der Waals surface area contributed by atoms with Crippen LogP contribution in [-0.4, -0.2) is 22.0 Å². The van der Waals surface area contributed by atoms with Crippen LogP contribution in [0.15, 0.2) is 36.7 Å². The maximum absolute atomic E-state index is 10.9. The number of nitrogens with one attached hydrogen (secondary N) is 2. The molecule has 5 heteroatoms. The summed E-state index contributed by atoms with van der Waals surface area (Å²) in [6.45, 7) is 5.19. The van der Waals surface area contributed by atoms with Gasteiger partial charge in [0.1, 0.15) is 5.82 Å². The summed E-state index contributed by atoms with van der Waals surface area (Å²) in [6, 6.07) is 7.66. The minimum absolute atomic E-state index is 0.0590. The molecule has 2 N–H and O–H groups in total. The fourth-order valence-corrected chi connectivity index (χ4v) is 1.84. The highest BCUT2D eigenvalue weighted by atomic mass is 16.1. The number of anilines is 2. The fraction of sp³-hybridized carbons (Fsp3) is 0.286. The molecule has 0 fully saturated rings. The minimum Gasteiger partial charge on any atom is -0.383 e. The van der Waals surface area contributed by atoms with Crippen molar-refractivity contribution in [2.24, 2.45) is 0 Å². The molecule has 0 radical (unpaired) electrons. The van der Waals surface area contributed by atoms with Gasteiger partial charge in [-0.2, -0.15) is 0 Å². The van der Waals surface area contributed by atoms with Crippen LogP contribution < -0.4 is 10.6 Å². The van der Waals surface area contributed by atoms with Gasteiger partial charge in [-0.25, -0.2) is 4.98 Å². The summed E-state index contributed by atoms with van der Waals surface area (Å²) < 4.78 is 2.10. The SMILES string of the molecule is CC(=O)Nc1ccc(NCCn2ccnc2C)cc1. The molecule has 1 amide bonds. The van der Waals surface area contributed by atoms with Crippen molar-refractivity contribution in [2.75, 3.05) is 17.2 Å². The van der Waals surface area contributed by atoms with E-state index in [0.29, 0.717) is 0 Å². The van der Waals surface area contributed by atoms with Crippen LogP contribution >= 0.6 is 0 Å². The van der Waals surface area contributed by atoms with E-state index in [-0.39, 0.29) is 5.91 Å². The molecule has 2 rings (SSSR count). The number of carbonyl (C=O) groups excluding carboxylic acids is 1. The number of aryl methyl sites for hydroxylation is 1. The third-order valence-electron chi connectivity index (χ3n) is 2.81. The van der Waals surface area contributed by atoms with Crippen molar-refractivity contribution in [3.05, 3.63) is 42.5 Å². The van der Waals surface area contributed by atoms with Crippen molar-refractivity contribution in [1.29, 1.82) is 0 Å². The Morgan fingerprint density at radius 3 is 2.53 bits per heavy atom. The largest absolute Gasteiger partial charge is 0.383 e. The summed E-state index contributed by atoms with van der Waals surface area (Å²) in [5, 5.41) is 6.07. The Hall–Kier alpha value is -2.30. The first-order valence-corrected chi connectivity index (χ1v) is 6.24. The Labute approximate surface area is 112 Å². The summed E-state index contributed by atoms with van der Waals surface area (Å²) in [6.07, 6.45) is 3.77. The average molecular weight is 258 g/mol. The van der Waals surface area contributed by atoms with Gasteiger partial charge in [-0.1, -0.05) is 0 Å². The van der Waals surface area contributed by atoms with Gasteiger partial charge in [0.25, 0.3) is 0 Å². The molecule has 0 unspecified atom stereocenters. The lowest BCUT2D eigenvalue weighted by molar-refractivity contribution is -0.114. The summed E-state index contributed by atoms with van der Waals surface area (Å²) >= 11 is 0. The van der Waals surface area contributed by atoms with Gasteiger partial charge in [-0.15, -0.1) is 0 Å². The Balaban J connectivity index is 1.83. The minimum atomic E-state index is -0.0590. The molecule has 1 heterocycles. The van der Waals surface area contributed by atoms with E-state index in [4.69, 9.17) is 0 Å². The molecule has 100 valence electrons. The summed E-state index contributed by atoms with van der Waals surface area (Å²) in [7, 11) is 0. The second-order valence-corrected chi connectivity index (χ2v) is 4.35. The van der Waals surface area contributed by atoms with Crippen molar-refractivity contribution in [2.45, 2.75) is 20.4 Å². The number of nitrogens with zero attached hydrogens (tertiary/aromatic N) is 2. The van der Waals surface area contributed by atoms with E-state index in [0.717, 1.165) is 30.3 Å². The number of aromatic nitrogens is 2. The fourth-order valence-electron chi connectivity index (χ4n) is 1.84. The highest BCUT2D eigenvalue weighted by Crippen LogP contribution is 2.13. The zero-order valence-electron chi connectivity index (χ0n) is 11.2. The molecule has 0 atom stereocenters. The summed E-state index contributed by atoms with van der Waals surface area (Å²) in [5.74, 6) is 0.957. The lowest BCUT2D eigenvalue weighted by atomic mass is 10.2. The first-order chi connectivity index (χ1) is 9.15. The van der Waals surface area contributed by atoms with Crippen molar-refractivity contribution < 1.29 is 4.79 Å². The number of amides is 1. The van der Waals surface area contributed by atoms with Gasteiger partial charge in [-0.05, 0) is 31.2 Å². The van der Waals surface area contributed by atoms with Gasteiger partial charge >= 0.3 is 0 Å². The molecular weight excluding hydrogens is 240 g/mol. The molecular formula is C14H18N4O. The van der Waals surface area contributed by atoms with Crippen LogP contribution in [-0.2, 0) is 11.3 Å². The third kappa shape index (κ3) is 3.84. The van der Waals surface area contributed by atoms with Gasteiger partial charge < -0.3 is 15.2 Å². The van der Waals surface area contributed by atoms with E-state index in [1.807, 2.05) is 37.4 Å². The number of rotatable bonds is 5. The topological polar surface area (TPSA) is 59.0 Å². The summed E-state index contributed by atoms with van der Waals surface area (Å²) in [5.41, 5.74) is 1.84. The third-order valence-corrected chi connectivity index (χ3v) is 2.81. The molecule has 2 aromatic rings. The Bertz CT molecular complexity index is 545. The highest BCUT2D eigenvalue weighted by molar-refractivity contribution is 5.88. The van der Waals surface area contributed by atoms with Crippen LogP contribution in [0.25, 0.3) is 0 Å². The number of benzene rings is 1. The predicted molar refractivity (Wildman–Crippen MR) is 76.2 cm³/mol. The van der Waals surface area contributed by atoms with Gasteiger partial charge in [0, 0.05) is 43.8 Å². The van der Waals surface area contributed by atoms with E-state index in [1.54, 1.807) is 6.20 Å². The molecule has 0 spiro atoms. The van der Waals surface area contributed by atoms with Gasteiger partial charge in [0.15, 0.2) is 0 Å². The van der Waals surface area contributed by atoms with E-state index in [2.05, 4.69) is 20.2 Å². The second-order valence-electron chi connectivity index (χ2n) is 4.35. The zero-order chi connectivity index (χ0) is 13.7. The second kappa shape index (κ2) is 6.04. The first-order valence-electron chi connectivity index (χ1n) is 6.24. The molecule has 1 aromatic carbocycles.